The largest absolute Gasteiger partial charge is 0.492 e. The Morgan fingerprint density at radius 3 is 2.45 bits per heavy atom. The Labute approximate surface area is 119 Å². The van der Waals surface area contributed by atoms with Crippen LogP contribution in [0, 0.1) is 20.8 Å². The summed E-state index contributed by atoms with van der Waals surface area (Å²) in [6, 6.07) is 10.0. The van der Waals surface area contributed by atoms with Crippen LogP contribution in [-0.2, 0) is 0 Å². The topological polar surface area (TPSA) is 26.3 Å². The summed E-state index contributed by atoms with van der Waals surface area (Å²) >= 11 is 0. The third-order valence-electron chi connectivity index (χ3n) is 4.25. The van der Waals surface area contributed by atoms with Gasteiger partial charge < -0.3 is 4.74 Å². The van der Waals surface area contributed by atoms with Gasteiger partial charge in [0, 0.05) is 17.0 Å². The van der Waals surface area contributed by atoms with Crippen LogP contribution in [0.25, 0.3) is 0 Å². The van der Waals surface area contributed by atoms with Gasteiger partial charge in [-0.1, -0.05) is 30.3 Å². The standard InChI is InChI=1S/C18H18O2/c1-11-8-12(2)17-16(10-20-18(17)13(11)3)15-6-4-14(9-19)5-7-15/h4-9,16H,10H2,1-3H3/t16-/m1/s1. The molecule has 2 heteroatoms. The fourth-order valence-corrected chi connectivity index (χ4v) is 3.01. The van der Waals surface area contributed by atoms with Crippen LogP contribution in [0.1, 0.15) is 44.1 Å². The minimum Gasteiger partial charge on any atom is -0.492 e. The Balaban J connectivity index is 2.08. The number of fused-ring (bicyclic) bond motifs is 1. The van der Waals surface area contributed by atoms with E-state index in [1.807, 2.05) is 24.3 Å². The second-order valence-corrected chi connectivity index (χ2v) is 5.53. The van der Waals surface area contributed by atoms with Crippen molar-refractivity contribution in [1.29, 1.82) is 0 Å². The summed E-state index contributed by atoms with van der Waals surface area (Å²) in [6.45, 7) is 7.07. The highest BCUT2D eigenvalue weighted by Gasteiger charge is 2.29. The second-order valence-electron chi connectivity index (χ2n) is 5.53. The molecule has 2 aromatic rings. The molecule has 1 atom stereocenters. The fraction of sp³-hybridized carbons (Fsp3) is 0.278. The maximum absolute atomic E-state index is 10.7. The van der Waals surface area contributed by atoms with Gasteiger partial charge in [-0.3, -0.25) is 4.79 Å². The van der Waals surface area contributed by atoms with Crippen molar-refractivity contribution < 1.29 is 9.53 Å². The van der Waals surface area contributed by atoms with Crippen molar-refractivity contribution in [2.75, 3.05) is 6.61 Å². The Morgan fingerprint density at radius 2 is 1.80 bits per heavy atom. The number of aryl methyl sites for hydroxylation is 2. The highest BCUT2D eigenvalue weighted by molar-refractivity contribution is 5.74. The molecule has 0 fully saturated rings. The molecule has 2 nitrogen and oxygen atoms in total. The number of carbonyl (C=O) groups is 1. The summed E-state index contributed by atoms with van der Waals surface area (Å²) in [6.07, 6.45) is 0.877. The van der Waals surface area contributed by atoms with E-state index < -0.39 is 0 Å². The van der Waals surface area contributed by atoms with Gasteiger partial charge in [0.2, 0.25) is 0 Å². The minimum absolute atomic E-state index is 0.269. The van der Waals surface area contributed by atoms with Gasteiger partial charge in [0.05, 0.1) is 6.61 Å². The maximum Gasteiger partial charge on any atom is 0.150 e. The van der Waals surface area contributed by atoms with E-state index in [9.17, 15) is 4.79 Å². The van der Waals surface area contributed by atoms with Gasteiger partial charge in [0.15, 0.2) is 0 Å². The molecule has 1 aliphatic heterocycles. The van der Waals surface area contributed by atoms with Crippen molar-refractivity contribution >= 4 is 6.29 Å². The average Bonchev–Trinajstić information content (AvgIpc) is 2.90. The van der Waals surface area contributed by atoms with Gasteiger partial charge in [-0.15, -0.1) is 0 Å². The normalized spacial score (nSPS) is 16.6. The number of carbonyl (C=O) groups excluding carboxylic acids is 1. The second kappa shape index (κ2) is 4.78. The van der Waals surface area contributed by atoms with Crippen molar-refractivity contribution in [2.24, 2.45) is 0 Å². The highest BCUT2D eigenvalue weighted by Crippen LogP contribution is 2.43. The van der Waals surface area contributed by atoms with Crippen LogP contribution in [0.3, 0.4) is 0 Å². The maximum atomic E-state index is 10.7. The predicted molar refractivity (Wildman–Crippen MR) is 79.8 cm³/mol. The van der Waals surface area contributed by atoms with Crippen LogP contribution in [0.4, 0.5) is 0 Å². The average molecular weight is 266 g/mol. The van der Waals surface area contributed by atoms with Crippen LogP contribution >= 0.6 is 0 Å². The highest BCUT2D eigenvalue weighted by atomic mass is 16.5. The molecule has 0 amide bonds. The zero-order chi connectivity index (χ0) is 14.3. The monoisotopic (exact) mass is 266 g/mol. The zero-order valence-electron chi connectivity index (χ0n) is 12.1. The Morgan fingerprint density at radius 1 is 1.10 bits per heavy atom. The number of ether oxygens (including phenoxy) is 1. The zero-order valence-corrected chi connectivity index (χ0v) is 12.1. The third-order valence-corrected chi connectivity index (χ3v) is 4.25. The lowest BCUT2D eigenvalue weighted by Crippen LogP contribution is -2.03. The summed E-state index contributed by atoms with van der Waals surface area (Å²) in [5.74, 6) is 1.32. The number of aldehydes is 1. The summed E-state index contributed by atoms with van der Waals surface area (Å²) in [4.78, 5) is 10.7. The number of hydrogen-bond acceptors (Lipinski definition) is 2. The molecule has 3 rings (SSSR count). The Kier molecular flexibility index (Phi) is 3.09. The van der Waals surface area contributed by atoms with E-state index >= 15 is 0 Å². The van der Waals surface area contributed by atoms with Gasteiger partial charge in [-0.05, 0) is 43.0 Å². The molecule has 1 heterocycles. The van der Waals surface area contributed by atoms with Crippen molar-refractivity contribution in [2.45, 2.75) is 26.7 Å². The van der Waals surface area contributed by atoms with E-state index in [1.54, 1.807) is 0 Å². The van der Waals surface area contributed by atoms with E-state index in [2.05, 4.69) is 26.8 Å². The smallest absolute Gasteiger partial charge is 0.150 e. The molecule has 102 valence electrons. The number of hydrogen-bond donors (Lipinski definition) is 0. The Hall–Kier alpha value is -2.09. The molecule has 0 aliphatic carbocycles. The van der Waals surface area contributed by atoms with Gasteiger partial charge in [0.25, 0.3) is 0 Å². The summed E-state index contributed by atoms with van der Waals surface area (Å²) in [5, 5.41) is 0. The van der Waals surface area contributed by atoms with Gasteiger partial charge in [-0.25, -0.2) is 0 Å². The number of rotatable bonds is 2. The SMILES string of the molecule is Cc1cc(C)c2c(c1C)OC[C@@H]2c1ccc(C=O)cc1. The van der Waals surface area contributed by atoms with Crippen molar-refractivity contribution in [3.05, 3.63) is 63.7 Å². The van der Waals surface area contributed by atoms with Crippen LogP contribution in [0.5, 0.6) is 5.75 Å². The van der Waals surface area contributed by atoms with E-state index in [4.69, 9.17) is 4.74 Å². The molecule has 20 heavy (non-hydrogen) atoms. The first-order valence-electron chi connectivity index (χ1n) is 6.90. The molecule has 0 aromatic heterocycles. The van der Waals surface area contributed by atoms with E-state index in [-0.39, 0.29) is 5.92 Å². The van der Waals surface area contributed by atoms with Crippen LogP contribution in [-0.4, -0.2) is 12.9 Å². The Bertz CT molecular complexity index is 669. The van der Waals surface area contributed by atoms with Crippen LogP contribution in [0.2, 0.25) is 0 Å². The molecule has 0 radical (unpaired) electrons. The van der Waals surface area contributed by atoms with E-state index in [0.29, 0.717) is 12.2 Å². The van der Waals surface area contributed by atoms with E-state index in [0.717, 1.165) is 12.0 Å². The van der Waals surface area contributed by atoms with E-state index in [1.165, 1.54) is 27.8 Å². The number of benzene rings is 2. The van der Waals surface area contributed by atoms with Gasteiger partial charge >= 0.3 is 0 Å². The van der Waals surface area contributed by atoms with Crippen LogP contribution in [0.15, 0.2) is 30.3 Å². The lowest BCUT2D eigenvalue weighted by molar-refractivity contribution is 0.112. The fourth-order valence-electron chi connectivity index (χ4n) is 3.01. The third kappa shape index (κ3) is 1.92. The molecule has 0 unspecified atom stereocenters. The molecule has 0 saturated heterocycles. The van der Waals surface area contributed by atoms with Crippen molar-refractivity contribution in [3.63, 3.8) is 0 Å². The lowest BCUT2D eigenvalue weighted by atomic mass is 9.87. The predicted octanol–water partition coefficient (Wildman–Crippen LogP) is 3.95. The molecule has 0 bridgehead atoms. The summed E-state index contributed by atoms with van der Waals surface area (Å²) in [5.41, 5.74) is 7.01. The van der Waals surface area contributed by atoms with Crippen molar-refractivity contribution in [3.8, 4) is 5.75 Å². The van der Waals surface area contributed by atoms with Gasteiger partial charge in [-0.2, -0.15) is 0 Å². The van der Waals surface area contributed by atoms with Gasteiger partial charge in [0.1, 0.15) is 12.0 Å². The molecule has 0 N–H and O–H groups in total. The minimum atomic E-state index is 0.269. The summed E-state index contributed by atoms with van der Waals surface area (Å²) in [7, 11) is 0. The molecular weight excluding hydrogens is 248 g/mol. The van der Waals surface area contributed by atoms with Crippen molar-refractivity contribution in [1.82, 2.24) is 0 Å². The first-order chi connectivity index (χ1) is 9.61. The molecule has 2 aromatic carbocycles. The molecule has 0 saturated carbocycles. The molecular formula is C18H18O2. The summed E-state index contributed by atoms with van der Waals surface area (Å²) < 4.78 is 5.94. The first-order valence-corrected chi connectivity index (χ1v) is 6.90. The van der Waals surface area contributed by atoms with Crippen LogP contribution < -0.4 is 4.74 Å². The molecule has 1 aliphatic rings. The first kappa shape index (κ1) is 12.9. The quantitative estimate of drug-likeness (QED) is 0.769. The molecule has 0 spiro atoms. The lowest BCUT2D eigenvalue weighted by Gasteiger charge is -2.14.